The first-order valence-electron chi connectivity index (χ1n) is 4.80. The van der Waals surface area contributed by atoms with Gasteiger partial charge in [-0.25, -0.2) is 8.78 Å². The molecular weight excluding hydrogens is 224 g/mol. The number of phenols is 1. The molecule has 1 N–H and O–H groups in total. The van der Waals surface area contributed by atoms with E-state index in [-0.39, 0.29) is 16.9 Å². The van der Waals surface area contributed by atoms with Gasteiger partial charge < -0.3 is 5.11 Å². The minimum Gasteiger partial charge on any atom is -0.507 e. The van der Waals surface area contributed by atoms with Crippen LogP contribution in [0.2, 0.25) is 0 Å². The molecular formula is C13H7F2NO. The molecule has 0 bridgehead atoms. The Morgan fingerprint density at radius 3 is 2.41 bits per heavy atom. The number of halogens is 2. The molecule has 0 atom stereocenters. The third-order valence-corrected chi connectivity index (χ3v) is 2.36. The molecule has 0 saturated heterocycles. The lowest BCUT2D eigenvalue weighted by Gasteiger charge is -2.05. The zero-order chi connectivity index (χ0) is 12.4. The van der Waals surface area contributed by atoms with Crippen molar-refractivity contribution in [3.8, 4) is 22.9 Å². The quantitative estimate of drug-likeness (QED) is 0.818. The maximum absolute atomic E-state index is 13.5. The summed E-state index contributed by atoms with van der Waals surface area (Å²) in [5.41, 5.74) is 0.668. The predicted molar refractivity (Wildman–Crippen MR) is 58.2 cm³/mol. The lowest BCUT2D eigenvalue weighted by molar-refractivity contribution is 0.474. The molecule has 0 fully saturated rings. The number of nitriles is 1. The van der Waals surface area contributed by atoms with Gasteiger partial charge in [-0.05, 0) is 29.8 Å². The number of hydrogen-bond acceptors (Lipinski definition) is 2. The Balaban J connectivity index is 2.54. The molecule has 4 heteroatoms. The smallest absolute Gasteiger partial charge is 0.133 e. The number of phenolic OH excluding ortho intramolecular Hbond substituents is 1. The molecule has 0 aliphatic heterocycles. The molecule has 0 aliphatic rings. The van der Waals surface area contributed by atoms with Crippen molar-refractivity contribution in [3.05, 3.63) is 53.6 Å². The zero-order valence-corrected chi connectivity index (χ0v) is 8.61. The van der Waals surface area contributed by atoms with E-state index in [1.807, 2.05) is 0 Å². The van der Waals surface area contributed by atoms with Crippen LogP contribution in [0.1, 0.15) is 5.56 Å². The second-order valence-electron chi connectivity index (χ2n) is 3.47. The second-order valence-corrected chi connectivity index (χ2v) is 3.47. The van der Waals surface area contributed by atoms with Crippen LogP contribution in [-0.4, -0.2) is 5.11 Å². The van der Waals surface area contributed by atoms with Gasteiger partial charge in [0.2, 0.25) is 0 Å². The molecule has 0 amide bonds. The van der Waals surface area contributed by atoms with E-state index in [1.165, 1.54) is 24.3 Å². The molecule has 0 radical (unpaired) electrons. The second kappa shape index (κ2) is 4.22. The molecule has 0 unspecified atom stereocenters. The molecule has 0 saturated carbocycles. The number of aromatic hydroxyl groups is 1. The fourth-order valence-electron chi connectivity index (χ4n) is 1.52. The monoisotopic (exact) mass is 231 g/mol. The lowest BCUT2D eigenvalue weighted by atomic mass is 10.0. The van der Waals surface area contributed by atoms with Gasteiger partial charge in [0.05, 0.1) is 5.56 Å². The van der Waals surface area contributed by atoms with E-state index in [1.54, 1.807) is 6.07 Å². The number of hydrogen-bond donors (Lipinski definition) is 1. The van der Waals surface area contributed by atoms with E-state index < -0.39 is 11.6 Å². The van der Waals surface area contributed by atoms with Gasteiger partial charge in [0.15, 0.2) is 0 Å². The van der Waals surface area contributed by atoms with Gasteiger partial charge in [-0.1, -0.05) is 6.07 Å². The topological polar surface area (TPSA) is 44.0 Å². The van der Waals surface area contributed by atoms with E-state index in [0.29, 0.717) is 5.56 Å². The molecule has 2 rings (SSSR count). The highest BCUT2D eigenvalue weighted by Gasteiger charge is 2.08. The van der Waals surface area contributed by atoms with Gasteiger partial charge in [0, 0.05) is 11.6 Å². The summed E-state index contributed by atoms with van der Waals surface area (Å²) in [6.07, 6.45) is 0. The highest BCUT2D eigenvalue weighted by Crippen LogP contribution is 2.28. The van der Waals surface area contributed by atoms with Crippen molar-refractivity contribution < 1.29 is 13.9 Å². The Hall–Kier alpha value is -2.41. The van der Waals surface area contributed by atoms with E-state index in [9.17, 15) is 13.9 Å². The lowest BCUT2D eigenvalue weighted by Crippen LogP contribution is -1.87. The number of benzene rings is 2. The molecule has 0 spiro atoms. The van der Waals surface area contributed by atoms with E-state index in [2.05, 4.69) is 0 Å². The molecule has 84 valence electrons. The summed E-state index contributed by atoms with van der Waals surface area (Å²) < 4.78 is 26.2. The number of rotatable bonds is 1. The minimum absolute atomic E-state index is 0.108. The van der Waals surface area contributed by atoms with Gasteiger partial charge in [-0.15, -0.1) is 0 Å². The van der Waals surface area contributed by atoms with Gasteiger partial charge in [0.25, 0.3) is 0 Å². The predicted octanol–water partition coefficient (Wildman–Crippen LogP) is 3.21. The van der Waals surface area contributed by atoms with Crippen LogP contribution in [0.25, 0.3) is 11.1 Å². The van der Waals surface area contributed by atoms with Gasteiger partial charge in [-0.3, -0.25) is 0 Å². The highest BCUT2D eigenvalue weighted by molar-refractivity contribution is 5.67. The van der Waals surface area contributed by atoms with Crippen LogP contribution in [0.3, 0.4) is 0 Å². The summed E-state index contributed by atoms with van der Waals surface area (Å²) in [6.45, 7) is 0. The van der Waals surface area contributed by atoms with Crippen LogP contribution in [0.15, 0.2) is 36.4 Å². The van der Waals surface area contributed by atoms with Gasteiger partial charge in [0.1, 0.15) is 23.5 Å². The third kappa shape index (κ3) is 2.08. The maximum Gasteiger partial charge on any atom is 0.133 e. The van der Waals surface area contributed by atoms with E-state index in [4.69, 9.17) is 5.26 Å². The van der Waals surface area contributed by atoms with Crippen LogP contribution >= 0.6 is 0 Å². The van der Waals surface area contributed by atoms with Crippen LogP contribution < -0.4 is 0 Å². The Morgan fingerprint density at radius 1 is 1.06 bits per heavy atom. The van der Waals surface area contributed by atoms with Crippen molar-refractivity contribution in [2.24, 2.45) is 0 Å². The summed E-state index contributed by atoms with van der Waals surface area (Å²) in [4.78, 5) is 0. The average molecular weight is 231 g/mol. The van der Waals surface area contributed by atoms with E-state index >= 15 is 0 Å². The van der Waals surface area contributed by atoms with Crippen LogP contribution in [-0.2, 0) is 0 Å². The van der Waals surface area contributed by atoms with Crippen LogP contribution in [0, 0.1) is 23.0 Å². The largest absolute Gasteiger partial charge is 0.507 e. The van der Waals surface area contributed by atoms with Crippen molar-refractivity contribution in [1.29, 1.82) is 5.26 Å². The molecule has 0 aromatic heterocycles. The van der Waals surface area contributed by atoms with Crippen molar-refractivity contribution in [2.75, 3.05) is 0 Å². The fraction of sp³-hybridized carbons (Fsp3) is 0. The van der Waals surface area contributed by atoms with Gasteiger partial charge >= 0.3 is 0 Å². The highest BCUT2D eigenvalue weighted by atomic mass is 19.1. The number of nitrogens with zero attached hydrogens (tertiary/aromatic N) is 1. The molecule has 2 aromatic carbocycles. The van der Waals surface area contributed by atoms with Crippen molar-refractivity contribution in [2.45, 2.75) is 0 Å². The first-order valence-corrected chi connectivity index (χ1v) is 4.80. The Bertz CT molecular complexity index is 617. The normalized spacial score (nSPS) is 9.94. The maximum atomic E-state index is 13.5. The summed E-state index contributed by atoms with van der Waals surface area (Å²) >= 11 is 0. The first kappa shape index (κ1) is 11.1. The van der Waals surface area contributed by atoms with Crippen molar-refractivity contribution in [1.82, 2.24) is 0 Å². The molecule has 2 nitrogen and oxygen atoms in total. The average Bonchev–Trinajstić information content (AvgIpc) is 2.29. The Morgan fingerprint density at radius 2 is 1.82 bits per heavy atom. The van der Waals surface area contributed by atoms with Crippen molar-refractivity contribution >= 4 is 0 Å². The first-order chi connectivity index (χ1) is 8.11. The van der Waals surface area contributed by atoms with Crippen LogP contribution in [0.4, 0.5) is 8.78 Å². The van der Waals surface area contributed by atoms with Crippen molar-refractivity contribution in [3.63, 3.8) is 0 Å². The zero-order valence-electron chi connectivity index (χ0n) is 8.61. The van der Waals surface area contributed by atoms with Gasteiger partial charge in [-0.2, -0.15) is 5.26 Å². The molecule has 2 aromatic rings. The third-order valence-electron chi connectivity index (χ3n) is 2.36. The molecule has 0 aliphatic carbocycles. The summed E-state index contributed by atoms with van der Waals surface area (Å²) in [5.74, 6) is -1.60. The Labute approximate surface area is 96.4 Å². The SMILES string of the molecule is N#Cc1ccc(-c2ccc(F)cc2F)cc1O. The molecule has 17 heavy (non-hydrogen) atoms. The standard InChI is InChI=1S/C13H7F2NO/c14-10-3-4-11(12(15)6-10)8-1-2-9(7-16)13(17)5-8/h1-6,17H. The molecule has 0 heterocycles. The van der Waals surface area contributed by atoms with E-state index in [0.717, 1.165) is 12.1 Å². The minimum atomic E-state index is -0.714. The summed E-state index contributed by atoms with van der Waals surface area (Å²) in [6, 6.07) is 9.13. The summed E-state index contributed by atoms with van der Waals surface area (Å²) in [7, 11) is 0. The fourth-order valence-corrected chi connectivity index (χ4v) is 1.52. The summed E-state index contributed by atoms with van der Waals surface area (Å²) in [5, 5.41) is 18.1. The van der Waals surface area contributed by atoms with Crippen LogP contribution in [0.5, 0.6) is 5.75 Å². The Kier molecular flexibility index (Phi) is 2.75.